The van der Waals surface area contributed by atoms with Crippen LogP contribution in [0.4, 0.5) is 10.5 Å². The Hall–Kier alpha value is -0.970. The molecule has 0 saturated heterocycles. The van der Waals surface area contributed by atoms with Crippen LogP contribution >= 0.6 is 24.0 Å². The number of aryl methyl sites for hydroxylation is 1. The molecule has 102 valence electrons. The lowest BCUT2D eigenvalue weighted by Crippen LogP contribution is -2.29. The maximum absolute atomic E-state index is 11.5. The van der Waals surface area contributed by atoms with Crippen molar-refractivity contribution in [3.63, 3.8) is 0 Å². The molecule has 4 nitrogen and oxygen atoms in total. The molecule has 6 heteroatoms. The molecule has 1 aromatic carbocycles. The molecule has 0 saturated carbocycles. The summed E-state index contributed by atoms with van der Waals surface area (Å²) >= 11 is 5.97. The molecule has 0 aromatic heterocycles. The predicted octanol–water partition coefficient (Wildman–Crippen LogP) is 2.93. The van der Waals surface area contributed by atoms with E-state index in [1.807, 2.05) is 19.1 Å². The topological polar surface area (TPSA) is 67.2 Å². The average molecular weight is 292 g/mol. The summed E-state index contributed by atoms with van der Waals surface area (Å²) in [6.45, 7) is 3.21. The maximum Gasteiger partial charge on any atom is 0.319 e. The van der Waals surface area contributed by atoms with Crippen LogP contribution < -0.4 is 16.4 Å². The molecule has 0 unspecified atom stereocenters. The van der Waals surface area contributed by atoms with Gasteiger partial charge in [-0.25, -0.2) is 4.79 Å². The molecule has 0 fully saturated rings. The van der Waals surface area contributed by atoms with Crippen molar-refractivity contribution in [1.82, 2.24) is 5.32 Å². The molecule has 0 aliphatic heterocycles. The van der Waals surface area contributed by atoms with Gasteiger partial charge in [0.1, 0.15) is 0 Å². The number of hydrogen-bond donors (Lipinski definition) is 3. The van der Waals surface area contributed by atoms with Crippen molar-refractivity contribution in [3.8, 4) is 0 Å². The van der Waals surface area contributed by atoms with Crippen LogP contribution in [0.2, 0.25) is 5.02 Å². The van der Waals surface area contributed by atoms with Gasteiger partial charge in [-0.15, -0.1) is 12.4 Å². The van der Waals surface area contributed by atoms with E-state index < -0.39 is 0 Å². The second-order valence-corrected chi connectivity index (χ2v) is 4.27. The highest BCUT2D eigenvalue weighted by atomic mass is 35.5. The zero-order chi connectivity index (χ0) is 12.7. The van der Waals surface area contributed by atoms with E-state index in [1.54, 1.807) is 6.07 Å². The quantitative estimate of drug-likeness (QED) is 0.730. The van der Waals surface area contributed by atoms with E-state index in [2.05, 4.69) is 10.6 Å². The zero-order valence-corrected chi connectivity index (χ0v) is 11.9. The highest BCUT2D eigenvalue weighted by Gasteiger charge is 2.04. The molecule has 0 atom stereocenters. The molecular formula is C12H19Cl2N3O. The molecule has 1 aromatic rings. The van der Waals surface area contributed by atoms with E-state index in [0.29, 0.717) is 23.8 Å². The number of rotatable bonds is 5. The van der Waals surface area contributed by atoms with Gasteiger partial charge in [-0.2, -0.15) is 0 Å². The van der Waals surface area contributed by atoms with Crippen LogP contribution in [0.15, 0.2) is 18.2 Å². The van der Waals surface area contributed by atoms with E-state index >= 15 is 0 Å². The summed E-state index contributed by atoms with van der Waals surface area (Å²) in [7, 11) is 0. The molecule has 0 radical (unpaired) electrons. The Balaban J connectivity index is 0.00000289. The van der Waals surface area contributed by atoms with Crippen molar-refractivity contribution in [2.45, 2.75) is 19.8 Å². The number of amides is 2. The van der Waals surface area contributed by atoms with Gasteiger partial charge in [0.15, 0.2) is 0 Å². The van der Waals surface area contributed by atoms with Gasteiger partial charge in [-0.1, -0.05) is 17.7 Å². The van der Waals surface area contributed by atoms with Gasteiger partial charge in [0.25, 0.3) is 0 Å². The Morgan fingerprint density at radius 1 is 1.39 bits per heavy atom. The van der Waals surface area contributed by atoms with Crippen molar-refractivity contribution >= 4 is 35.7 Å². The summed E-state index contributed by atoms with van der Waals surface area (Å²) in [4.78, 5) is 11.5. The second-order valence-electron chi connectivity index (χ2n) is 3.86. The maximum atomic E-state index is 11.5. The number of halogens is 2. The Morgan fingerprint density at radius 3 is 2.78 bits per heavy atom. The summed E-state index contributed by atoms with van der Waals surface area (Å²) in [6, 6.07) is 5.25. The van der Waals surface area contributed by atoms with E-state index in [9.17, 15) is 4.79 Å². The molecular weight excluding hydrogens is 273 g/mol. The van der Waals surface area contributed by atoms with Crippen molar-refractivity contribution in [2.24, 2.45) is 5.73 Å². The lowest BCUT2D eigenvalue weighted by molar-refractivity contribution is 0.252. The Morgan fingerprint density at radius 2 is 2.11 bits per heavy atom. The predicted molar refractivity (Wildman–Crippen MR) is 78.7 cm³/mol. The van der Waals surface area contributed by atoms with Crippen molar-refractivity contribution in [2.75, 3.05) is 18.4 Å². The molecule has 0 bridgehead atoms. The number of anilines is 1. The van der Waals surface area contributed by atoms with Crippen LogP contribution in [-0.2, 0) is 0 Å². The van der Waals surface area contributed by atoms with E-state index in [0.717, 1.165) is 18.4 Å². The van der Waals surface area contributed by atoms with Crippen molar-refractivity contribution < 1.29 is 4.79 Å². The number of nitrogens with two attached hydrogens (primary N) is 1. The minimum absolute atomic E-state index is 0. The minimum Gasteiger partial charge on any atom is -0.338 e. The first-order valence-electron chi connectivity index (χ1n) is 5.64. The first-order chi connectivity index (χ1) is 8.13. The third-order valence-electron chi connectivity index (χ3n) is 2.29. The number of unbranched alkanes of at least 4 members (excludes halogenated alkanes) is 1. The molecule has 0 spiro atoms. The number of carbonyl (C=O) groups excluding carboxylic acids is 1. The summed E-state index contributed by atoms with van der Waals surface area (Å²) in [5.41, 5.74) is 7.04. The van der Waals surface area contributed by atoms with Gasteiger partial charge < -0.3 is 16.4 Å². The molecule has 0 aliphatic rings. The zero-order valence-electron chi connectivity index (χ0n) is 10.3. The molecule has 0 aliphatic carbocycles. The number of hydrogen-bond acceptors (Lipinski definition) is 2. The van der Waals surface area contributed by atoms with Crippen LogP contribution in [-0.4, -0.2) is 19.1 Å². The fourth-order valence-corrected chi connectivity index (χ4v) is 1.54. The summed E-state index contributed by atoms with van der Waals surface area (Å²) < 4.78 is 0. The highest BCUT2D eigenvalue weighted by Crippen LogP contribution is 2.22. The normalized spacial score (nSPS) is 9.50. The molecule has 4 N–H and O–H groups in total. The number of nitrogens with one attached hydrogen (secondary N) is 2. The minimum atomic E-state index is -0.241. The number of benzene rings is 1. The van der Waals surface area contributed by atoms with Crippen LogP contribution in [0.25, 0.3) is 0 Å². The second kappa shape index (κ2) is 9.03. The van der Waals surface area contributed by atoms with Crippen LogP contribution in [0.1, 0.15) is 18.4 Å². The third-order valence-corrected chi connectivity index (χ3v) is 2.62. The molecule has 1 rings (SSSR count). The van der Waals surface area contributed by atoms with E-state index in [1.165, 1.54) is 0 Å². The van der Waals surface area contributed by atoms with Gasteiger partial charge in [0.2, 0.25) is 0 Å². The summed E-state index contributed by atoms with van der Waals surface area (Å²) in [6.07, 6.45) is 1.79. The third kappa shape index (κ3) is 6.10. The molecule has 18 heavy (non-hydrogen) atoms. The van der Waals surface area contributed by atoms with Crippen LogP contribution in [0.5, 0.6) is 0 Å². The van der Waals surface area contributed by atoms with Gasteiger partial charge in [0, 0.05) is 6.54 Å². The molecule has 0 heterocycles. The lowest BCUT2D eigenvalue weighted by atomic mass is 10.2. The van der Waals surface area contributed by atoms with E-state index in [4.69, 9.17) is 17.3 Å². The van der Waals surface area contributed by atoms with Gasteiger partial charge in [-0.3, -0.25) is 0 Å². The van der Waals surface area contributed by atoms with E-state index in [-0.39, 0.29) is 18.4 Å². The van der Waals surface area contributed by atoms with Gasteiger partial charge in [-0.05, 0) is 44.0 Å². The lowest BCUT2D eigenvalue weighted by Gasteiger charge is -2.09. The largest absolute Gasteiger partial charge is 0.338 e. The van der Waals surface area contributed by atoms with Gasteiger partial charge >= 0.3 is 6.03 Å². The summed E-state index contributed by atoms with van der Waals surface area (Å²) in [5.74, 6) is 0. The SMILES string of the molecule is Cc1ccc(Cl)c(NC(=O)NCCCCN)c1.Cl. The Bertz CT molecular complexity index is 386. The smallest absolute Gasteiger partial charge is 0.319 e. The summed E-state index contributed by atoms with van der Waals surface area (Å²) in [5, 5.41) is 6.00. The Labute approximate surface area is 119 Å². The first kappa shape index (κ1) is 17.0. The molecule has 2 amide bonds. The monoisotopic (exact) mass is 291 g/mol. The van der Waals surface area contributed by atoms with Crippen molar-refractivity contribution in [1.29, 1.82) is 0 Å². The van der Waals surface area contributed by atoms with Crippen LogP contribution in [0, 0.1) is 6.92 Å². The van der Waals surface area contributed by atoms with Crippen molar-refractivity contribution in [3.05, 3.63) is 28.8 Å². The number of urea groups is 1. The fourth-order valence-electron chi connectivity index (χ4n) is 1.37. The number of carbonyl (C=O) groups is 1. The Kier molecular flexibility index (Phi) is 8.54. The van der Waals surface area contributed by atoms with Crippen LogP contribution in [0.3, 0.4) is 0 Å². The standard InChI is InChI=1S/C12H18ClN3O.ClH/c1-9-4-5-10(13)11(8-9)16-12(17)15-7-3-2-6-14;/h4-5,8H,2-3,6-7,14H2,1H3,(H2,15,16,17);1H. The average Bonchev–Trinajstić information content (AvgIpc) is 2.29. The fraction of sp³-hybridized carbons (Fsp3) is 0.417. The highest BCUT2D eigenvalue weighted by molar-refractivity contribution is 6.33. The van der Waals surface area contributed by atoms with Gasteiger partial charge in [0.05, 0.1) is 10.7 Å². The first-order valence-corrected chi connectivity index (χ1v) is 6.02.